The minimum Gasteiger partial charge on any atom is -0.468 e. The van der Waals surface area contributed by atoms with Crippen molar-refractivity contribution in [3.05, 3.63) is 23.9 Å². The van der Waals surface area contributed by atoms with Gasteiger partial charge in [0, 0.05) is 38.9 Å². The quantitative estimate of drug-likeness (QED) is 0.447. The first-order valence-corrected chi connectivity index (χ1v) is 9.09. The number of aliphatic imine (C=N–C) groups is 1. The third-order valence-electron chi connectivity index (χ3n) is 4.18. The number of carbonyl (C=O) groups is 1. The second-order valence-electron chi connectivity index (χ2n) is 6.35. The molecule has 0 bridgehead atoms. The predicted molar refractivity (Wildman–Crippen MR) is 96.9 cm³/mol. The van der Waals surface area contributed by atoms with E-state index in [0.717, 1.165) is 24.9 Å². The molecule has 1 aromatic heterocycles. The number of rotatable bonds is 6. The van der Waals surface area contributed by atoms with Crippen molar-refractivity contribution >= 4 is 11.9 Å². The number of esters is 1. The standard InChI is InChI=1S/C18H25F3N4O3/c1-3-27-16(26)14-5-4-8-25(11-14)17(22-2)24-10-13-6-7-15(23-9-13)28-12-18(19,20)21/h6-7,9,14H,3-5,8,10-12H2,1-2H3,(H,22,24). The van der Waals surface area contributed by atoms with Gasteiger partial charge < -0.3 is 19.7 Å². The van der Waals surface area contributed by atoms with Crippen LogP contribution < -0.4 is 10.1 Å². The zero-order valence-corrected chi connectivity index (χ0v) is 16.0. The number of alkyl halides is 3. The van der Waals surface area contributed by atoms with Gasteiger partial charge in [-0.25, -0.2) is 4.98 Å². The number of ether oxygens (including phenoxy) is 2. The van der Waals surface area contributed by atoms with Gasteiger partial charge in [-0.15, -0.1) is 0 Å². The van der Waals surface area contributed by atoms with Crippen LogP contribution in [0.25, 0.3) is 0 Å². The van der Waals surface area contributed by atoms with Crippen molar-refractivity contribution < 1.29 is 27.4 Å². The fourth-order valence-corrected chi connectivity index (χ4v) is 2.89. The molecule has 1 aliphatic heterocycles. The second-order valence-corrected chi connectivity index (χ2v) is 6.35. The Morgan fingerprint density at radius 2 is 2.21 bits per heavy atom. The van der Waals surface area contributed by atoms with Gasteiger partial charge in [-0.2, -0.15) is 13.2 Å². The van der Waals surface area contributed by atoms with Crippen LogP contribution in [0.2, 0.25) is 0 Å². The SMILES string of the molecule is CCOC(=O)C1CCCN(C(=NC)NCc2ccc(OCC(F)(F)F)nc2)C1. The van der Waals surface area contributed by atoms with Gasteiger partial charge in [-0.3, -0.25) is 9.79 Å². The summed E-state index contributed by atoms with van der Waals surface area (Å²) >= 11 is 0. The van der Waals surface area contributed by atoms with Crippen molar-refractivity contribution in [1.29, 1.82) is 0 Å². The van der Waals surface area contributed by atoms with E-state index < -0.39 is 12.8 Å². The van der Waals surface area contributed by atoms with E-state index in [4.69, 9.17) is 4.74 Å². The zero-order chi connectivity index (χ0) is 20.6. The zero-order valence-electron chi connectivity index (χ0n) is 16.0. The lowest BCUT2D eigenvalue weighted by atomic mass is 9.98. The van der Waals surface area contributed by atoms with Crippen LogP contribution in [-0.4, -0.2) is 61.3 Å². The van der Waals surface area contributed by atoms with Gasteiger partial charge in [-0.1, -0.05) is 6.07 Å². The number of hydrogen-bond donors (Lipinski definition) is 1. The Morgan fingerprint density at radius 1 is 1.43 bits per heavy atom. The molecule has 156 valence electrons. The van der Waals surface area contributed by atoms with E-state index >= 15 is 0 Å². The summed E-state index contributed by atoms with van der Waals surface area (Å²) in [5, 5.41) is 3.19. The fourth-order valence-electron chi connectivity index (χ4n) is 2.89. The summed E-state index contributed by atoms with van der Waals surface area (Å²) in [7, 11) is 1.66. The summed E-state index contributed by atoms with van der Waals surface area (Å²) in [5.41, 5.74) is 0.763. The Bertz CT molecular complexity index is 665. The van der Waals surface area contributed by atoms with Gasteiger partial charge >= 0.3 is 12.1 Å². The highest BCUT2D eigenvalue weighted by Gasteiger charge is 2.29. The first-order chi connectivity index (χ1) is 13.3. The molecular weight excluding hydrogens is 377 g/mol. The monoisotopic (exact) mass is 402 g/mol. The molecule has 0 radical (unpaired) electrons. The molecule has 7 nitrogen and oxygen atoms in total. The van der Waals surface area contributed by atoms with Gasteiger partial charge in [-0.05, 0) is 25.3 Å². The molecule has 1 fully saturated rings. The highest BCUT2D eigenvalue weighted by atomic mass is 19.4. The van der Waals surface area contributed by atoms with Crippen molar-refractivity contribution in [2.45, 2.75) is 32.5 Å². The van der Waals surface area contributed by atoms with Gasteiger partial charge in [0.25, 0.3) is 0 Å². The molecule has 28 heavy (non-hydrogen) atoms. The summed E-state index contributed by atoms with van der Waals surface area (Å²) in [4.78, 5) is 22.1. The highest BCUT2D eigenvalue weighted by molar-refractivity contribution is 5.81. The molecule has 2 rings (SSSR count). The van der Waals surface area contributed by atoms with Crippen LogP contribution in [0.3, 0.4) is 0 Å². The molecule has 0 amide bonds. The predicted octanol–water partition coefficient (Wildman–Crippen LogP) is 2.37. The van der Waals surface area contributed by atoms with Crippen LogP contribution >= 0.6 is 0 Å². The maximum absolute atomic E-state index is 12.2. The highest BCUT2D eigenvalue weighted by Crippen LogP contribution is 2.19. The van der Waals surface area contributed by atoms with E-state index in [-0.39, 0.29) is 17.8 Å². The van der Waals surface area contributed by atoms with E-state index in [0.29, 0.717) is 25.7 Å². The Balaban J connectivity index is 1.87. The normalized spacial score (nSPS) is 18.0. The van der Waals surface area contributed by atoms with Crippen molar-refractivity contribution in [2.75, 3.05) is 33.4 Å². The number of pyridine rings is 1. The van der Waals surface area contributed by atoms with Gasteiger partial charge in [0.15, 0.2) is 12.6 Å². The summed E-state index contributed by atoms with van der Waals surface area (Å²) in [6.45, 7) is 2.46. The van der Waals surface area contributed by atoms with Crippen LogP contribution in [0.1, 0.15) is 25.3 Å². The van der Waals surface area contributed by atoms with Crippen LogP contribution in [0.15, 0.2) is 23.3 Å². The van der Waals surface area contributed by atoms with Crippen molar-refractivity contribution in [1.82, 2.24) is 15.2 Å². The Kier molecular flexibility index (Phi) is 7.89. The molecule has 1 aromatic rings. The van der Waals surface area contributed by atoms with Crippen LogP contribution in [0.4, 0.5) is 13.2 Å². The first kappa shape index (κ1) is 21.8. The smallest absolute Gasteiger partial charge is 0.422 e. The average molecular weight is 402 g/mol. The second kappa shape index (κ2) is 10.1. The lowest BCUT2D eigenvalue weighted by Gasteiger charge is -2.33. The van der Waals surface area contributed by atoms with E-state index in [9.17, 15) is 18.0 Å². The van der Waals surface area contributed by atoms with E-state index in [1.54, 1.807) is 20.0 Å². The number of nitrogens with one attached hydrogen (secondary N) is 1. The van der Waals surface area contributed by atoms with Crippen LogP contribution in [-0.2, 0) is 16.1 Å². The summed E-state index contributed by atoms with van der Waals surface area (Å²) in [5.74, 6) is 0.186. The largest absolute Gasteiger partial charge is 0.468 e. The van der Waals surface area contributed by atoms with Gasteiger partial charge in [0.05, 0.1) is 12.5 Å². The molecule has 1 aliphatic rings. The molecule has 10 heteroatoms. The third-order valence-corrected chi connectivity index (χ3v) is 4.18. The molecule has 2 heterocycles. The molecule has 1 unspecified atom stereocenters. The fraction of sp³-hybridized carbons (Fsp3) is 0.611. The number of piperidine rings is 1. The summed E-state index contributed by atoms with van der Waals surface area (Å²) in [6.07, 6.45) is -1.31. The average Bonchev–Trinajstić information content (AvgIpc) is 2.67. The molecule has 1 saturated heterocycles. The van der Waals surface area contributed by atoms with Gasteiger partial charge in [0.1, 0.15) is 0 Å². The van der Waals surface area contributed by atoms with Crippen LogP contribution in [0.5, 0.6) is 5.88 Å². The lowest BCUT2D eigenvalue weighted by Crippen LogP contribution is -2.48. The molecule has 0 saturated carbocycles. The molecule has 0 aliphatic carbocycles. The number of likely N-dealkylation sites (tertiary alicyclic amines) is 1. The Morgan fingerprint density at radius 3 is 2.82 bits per heavy atom. The maximum Gasteiger partial charge on any atom is 0.422 e. The number of halogens is 3. The molecule has 0 spiro atoms. The number of aromatic nitrogens is 1. The Hall–Kier alpha value is -2.52. The number of carbonyl (C=O) groups excluding carboxylic acids is 1. The number of guanidine groups is 1. The number of hydrogen-bond acceptors (Lipinski definition) is 5. The molecule has 1 atom stereocenters. The van der Waals surface area contributed by atoms with E-state index in [1.807, 2.05) is 4.90 Å². The van der Waals surface area contributed by atoms with E-state index in [1.165, 1.54) is 12.3 Å². The van der Waals surface area contributed by atoms with Crippen molar-refractivity contribution in [2.24, 2.45) is 10.9 Å². The summed E-state index contributed by atoms with van der Waals surface area (Å²) < 4.78 is 46.2. The van der Waals surface area contributed by atoms with Crippen molar-refractivity contribution in [3.8, 4) is 5.88 Å². The molecule has 0 aromatic carbocycles. The maximum atomic E-state index is 12.2. The summed E-state index contributed by atoms with van der Waals surface area (Å²) in [6, 6.07) is 3.03. The lowest BCUT2D eigenvalue weighted by molar-refractivity contribution is -0.154. The Labute approximate surface area is 161 Å². The molecule has 1 N–H and O–H groups in total. The third kappa shape index (κ3) is 6.90. The minimum absolute atomic E-state index is 0.0845. The molecular formula is C18H25F3N4O3. The van der Waals surface area contributed by atoms with Gasteiger partial charge in [0.2, 0.25) is 5.88 Å². The van der Waals surface area contributed by atoms with Crippen molar-refractivity contribution in [3.63, 3.8) is 0 Å². The number of nitrogens with zero attached hydrogens (tertiary/aromatic N) is 3. The topological polar surface area (TPSA) is 76.0 Å². The minimum atomic E-state index is -4.40. The first-order valence-electron chi connectivity index (χ1n) is 9.09. The van der Waals surface area contributed by atoms with Crippen LogP contribution in [0, 0.1) is 5.92 Å². The van der Waals surface area contributed by atoms with E-state index in [2.05, 4.69) is 20.0 Å².